The first kappa shape index (κ1) is 10.4. The second kappa shape index (κ2) is 5.91. The largest absolute Gasteiger partial charge is 0.387 e. The number of hydrogen-bond acceptors (Lipinski definition) is 3. The topological polar surface area (TPSA) is 32.3 Å². The summed E-state index contributed by atoms with van der Waals surface area (Å²) in [4.78, 5) is 0. The molecule has 1 unspecified atom stereocenters. The average molecular weight is 197 g/mol. The minimum Gasteiger partial charge on any atom is -0.387 e. The van der Waals surface area contributed by atoms with E-state index in [1.54, 1.807) is 11.3 Å². The fraction of sp³-hybridized carbons (Fsp3) is 0.400. The van der Waals surface area contributed by atoms with E-state index in [1.165, 1.54) is 0 Å². The molecule has 0 aliphatic carbocycles. The lowest BCUT2D eigenvalue weighted by molar-refractivity contribution is 0.175. The van der Waals surface area contributed by atoms with Crippen molar-refractivity contribution in [2.45, 2.75) is 12.5 Å². The predicted molar refractivity (Wildman–Crippen MR) is 57.0 cm³/mol. The fourth-order valence-electron chi connectivity index (χ4n) is 1.03. The lowest BCUT2D eigenvalue weighted by Gasteiger charge is -2.09. The molecule has 0 aliphatic heterocycles. The molecule has 0 bridgehead atoms. The first-order valence-corrected chi connectivity index (χ1v) is 5.30. The van der Waals surface area contributed by atoms with Gasteiger partial charge < -0.3 is 10.4 Å². The number of rotatable bonds is 6. The predicted octanol–water partition coefficient (Wildman–Crippen LogP) is 1.95. The van der Waals surface area contributed by atoms with Crippen molar-refractivity contribution in [3.05, 3.63) is 35.0 Å². The highest BCUT2D eigenvalue weighted by molar-refractivity contribution is 7.07. The van der Waals surface area contributed by atoms with E-state index in [0.717, 1.165) is 18.5 Å². The van der Waals surface area contributed by atoms with Crippen LogP contribution < -0.4 is 5.32 Å². The molecule has 2 N–H and O–H groups in total. The van der Waals surface area contributed by atoms with Gasteiger partial charge in [-0.15, -0.1) is 6.58 Å². The van der Waals surface area contributed by atoms with Gasteiger partial charge in [0.05, 0.1) is 6.10 Å². The van der Waals surface area contributed by atoms with Crippen LogP contribution in [0, 0.1) is 0 Å². The van der Waals surface area contributed by atoms with E-state index in [4.69, 9.17) is 0 Å². The van der Waals surface area contributed by atoms with Gasteiger partial charge in [0, 0.05) is 6.54 Å². The summed E-state index contributed by atoms with van der Waals surface area (Å²) in [6.07, 6.45) is 2.43. The van der Waals surface area contributed by atoms with Gasteiger partial charge in [0.1, 0.15) is 0 Å². The standard InChI is InChI=1S/C10H15NOS/c1-2-3-5-11-7-10(12)9-4-6-13-8-9/h2,4,6,8,10-12H,1,3,5,7H2. The van der Waals surface area contributed by atoms with Gasteiger partial charge in [-0.05, 0) is 35.4 Å². The molecule has 0 aliphatic rings. The second-order valence-corrected chi connectivity index (χ2v) is 3.63. The van der Waals surface area contributed by atoms with Crippen molar-refractivity contribution in [3.63, 3.8) is 0 Å². The van der Waals surface area contributed by atoms with E-state index in [1.807, 2.05) is 22.9 Å². The minimum absolute atomic E-state index is 0.379. The van der Waals surface area contributed by atoms with Crippen LogP contribution >= 0.6 is 11.3 Å². The summed E-state index contributed by atoms with van der Waals surface area (Å²) >= 11 is 1.61. The Hall–Kier alpha value is -0.640. The monoisotopic (exact) mass is 197 g/mol. The Morgan fingerprint density at radius 3 is 3.15 bits per heavy atom. The van der Waals surface area contributed by atoms with Gasteiger partial charge in [-0.25, -0.2) is 0 Å². The molecular weight excluding hydrogens is 182 g/mol. The van der Waals surface area contributed by atoms with E-state index in [9.17, 15) is 5.11 Å². The molecule has 13 heavy (non-hydrogen) atoms. The van der Waals surface area contributed by atoms with Crippen LogP contribution in [0.2, 0.25) is 0 Å². The summed E-state index contributed by atoms with van der Waals surface area (Å²) in [5.41, 5.74) is 0.996. The van der Waals surface area contributed by atoms with E-state index in [-0.39, 0.29) is 6.10 Å². The molecule has 72 valence electrons. The Bertz CT molecular complexity index is 233. The third-order valence-electron chi connectivity index (χ3n) is 1.79. The molecule has 1 rings (SSSR count). The number of hydrogen-bond donors (Lipinski definition) is 2. The molecule has 0 spiro atoms. The van der Waals surface area contributed by atoms with Crippen molar-refractivity contribution in [2.24, 2.45) is 0 Å². The molecule has 1 heterocycles. The molecule has 0 aromatic carbocycles. The molecule has 2 nitrogen and oxygen atoms in total. The second-order valence-electron chi connectivity index (χ2n) is 2.85. The van der Waals surface area contributed by atoms with Crippen LogP contribution in [0.5, 0.6) is 0 Å². The van der Waals surface area contributed by atoms with Gasteiger partial charge in [0.25, 0.3) is 0 Å². The summed E-state index contributed by atoms with van der Waals surface area (Å²) in [5, 5.41) is 16.7. The molecule has 1 aromatic heterocycles. The van der Waals surface area contributed by atoms with E-state index in [2.05, 4.69) is 11.9 Å². The molecule has 1 aromatic rings. The molecule has 1 atom stereocenters. The van der Waals surface area contributed by atoms with E-state index >= 15 is 0 Å². The van der Waals surface area contributed by atoms with Crippen LogP contribution in [0.3, 0.4) is 0 Å². The Balaban J connectivity index is 2.18. The summed E-state index contributed by atoms with van der Waals surface area (Å²) in [6.45, 7) is 5.12. The van der Waals surface area contributed by atoms with Crippen LogP contribution in [-0.4, -0.2) is 18.2 Å². The fourth-order valence-corrected chi connectivity index (χ4v) is 1.73. The zero-order valence-corrected chi connectivity index (χ0v) is 8.39. The van der Waals surface area contributed by atoms with Crippen molar-refractivity contribution in [1.82, 2.24) is 5.32 Å². The van der Waals surface area contributed by atoms with Crippen molar-refractivity contribution in [3.8, 4) is 0 Å². The number of aliphatic hydroxyl groups excluding tert-OH is 1. The van der Waals surface area contributed by atoms with Gasteiger partial charge >= 0.3 is 0 Å². The number of nitrogens with one attached hydrogen (secondary N) is 1. The van der Waals surface area contributed by atoms with E-state index in [0.29, 0.717) is 6.54 Å². The molecule has 0 amide bonds. The number of thiophene rings is 1. The first-order valence-electron chi connectivity index (χ1n) is 4.36. The third-order valence-corrected chi connectivity index (χ3v) is 2.49. The maximum absolute atomic E-state index is 9.63. The normalized spacial score (nSPS) is 12.7. The Morgan fingerprint density at radius 2 is 2.54 bits per heavy atom. The molecule has 0 fully saturated rings. The maximum atomic E-state index is 9.63. The Labute approximate surface area is 82.9 Å². The summed E-state index contributed by atoms with van der Waals surface area (Å²) in [7, 11) is 0. The molecule has 3 heteroatoms. The van der Waals surface area contributed by atoms with Crippen molar-refractivity contribution in [1.29, 1.82) is 0 Å². The zero-order valence-electron chi connectivity index (χ0n) is 7.57. The molecule has 0 saturated carbocycles. The van der Waals surface area contributed by atoms with Crippen molar-refractivity contribution in [2.75, 3.05) is 13.1 Å². The highest BCUT2D eigenvalue weighted by Gasteiger charge is 2.05. The van der Waals surface area contributed by atoms with Crippen LogP contribution in [0.25, 0.3) is 0 Å². The van der Waals surface area contributed by atoms with Crippen molar-refractivity contribution < 1.29 is 5.11 Å². The lowest BCUT2D eigenvalue weighted by atomic mass is 10.2. The van der Waals surface area contributed by atoms with Gasteiger partial charge in [0.2, 0.25) is 0 Å². The van der Waals surface area contributed by atoms with Gasteiger partial charge in [0.15, 0.2) is 0 Å². The summed E-state index contributed by atoms with van der Waals surface area (Å²) in [6, 6.07) is 1.95. The molecule has 0 radical (unpaired) electrons. The summed E-state index contributed by atoms with van der Waals surface area (Å²) in [5.74, 6) is 0. The van der Waals surface area contributed by atoms with Crippen LogP contribution in [0.4, 0.5) is 0 Å². The highest BCUT2D eigenvalue weighted by Crippen LogP contribution is 2.14. The molecule has 0 saturated heterocycles. The average Bonchev–Trinajstić information content (AvgIpc) is 2.65. The highest BCUT2D eigenvalue weighted by atomic mass is 32.1. The SMILES string of the molecule is C=CCCNCC(O)c1ccsc1. The maximum Gasteiger partial charge on any atom is 0.0922 e. The Morgan fingerprint density at radius 1 is 1.69 bits per heavy atom. The zero-order chi connectivity index (χ0) is 9.52. The van der Waals surface area contributed by atoms with Crippen LogP contribution in [0.15, 0.2) is 29.5 Å². The first-order chi connectivity index (χ1) is 6.34. The number of aliphatic hydroxyl groups is 1. The van der Waals surface area contributed by atoms with Gasteiger partial charge in [-0.2, -0.15) is 11.3 Å². The van der Waals surface area contributed by atoms with Crippen LogP contribution in [-0.2, 0) is 0 Å². The van der Waals surface area contributed by atoms with Gasteiger partial charge in [-0.1, -0.05) is 6.08 Å². The Kier molecular flexibility index (Phi) is 4.75. The van der Waals surface area contributed by atoms with Crippen molar-refractivity contribution >= 4 is 11.3 Å². The molecular formula is C10H15NOS. The smallest absolute Gasteiger partial charge is 0.0922 e. The quantitative estimate of drug-likeness (QED) is 0.539. The third kappa shape index (κ3) is 3.72. The minimum atomic E-state index is -0.379. The van der Waals surface area contributed by atoms with Crippen LogP contribution in [0.1, 0.15) is 18.1 Å². The van der Waals surface area contributed by atoms with E-state index < -0.39 is 0 Å². The lowest BCUT2D eigenvalue weighted by Crippen LogP contribution is -2.21. The van der Waals surface area contributed by atoms with Gasteiger partial charge in [-0.3, -0.25) is 0 Å². The summed E-state index contributed by atoms with van der Waals surface area (Å²) < 4.78 is 0.